The van der Waals surface area contributed by atoms with E-state index in [0.717, 1.165) is 55.4 Å². The zero-order valence-electron chi connectivity index (χ0n) is 18.8. The summed E-state index contributed by atoms with van der Waals surface area (Å²) in [6.45, 7) is 3.03. The molecule has 2 atom stereocenters. The Labute approximate surface area is 199 Å². The SMILES string of the molecule is Cn1c(SCCCN2CCC3(CC3c3ccc(C(F)(F)F)cc3)C2)nnc1-c1ccc[nH]c1=O. The van der Waals surface area contributed by atoms with E-state index in [0.29, 0.717) is 17.3 Å². The molecule has 2 unspecified atom stereocenters. The third-order valence-corrected chi connectivity index (χ3v) is 8.14. The summed E-state index contributed by atoms with van der Waals surface area (Å²) < 4.78 is 40.3. The number of likely N-dealkylation sites (tertiary alicyclic amines) is 1. The molecule has 2 aliphatic rings. The summed E-state index contributed by atoms with van der Waals surface area (Å²) in [7, 11) is 1.86. The summed E-state index contributed by atoms with van der Waals surface area (Å²) in [4.78, 5) is 17.1. The Balaban J connectivity index is 1.10. The third kappa shape index (κ3) is 4.53. The molecule has 6 nitrogen and oxygen atoms in total. The maximum absolute atomic E-state index is 12.8. The van der Waals surface area contributed by atoms with Crippen molar-refractivity contribution in [3.8, 4) is 11.4 Å². The van der Waals surface area contributed by atoms with E-state index in [-0.39, 0.29) is 11.0 Å². The van der Waals surface area contributed by atoms with Crippen molar-refractivity contribution in [2.75, 3.05) is 25.4 Å². The Kier molecular flexibility index (Phi) is 6.05. The van der Waals surface area contributed by atoms with Crippen LogP contribution < -0.4 is 5.56 Å². The highest BCUT2D eigenvalue weighted by atomic mass is 32.2. The molecule has 1 aliphatic carbocycles. The summed E-state index contributed by atoms with van der Waals surface area (Å²) in [5.74, 6) is 1.81. The van der Waals surface area contributed by atoms with Gasteiger partial charge in [-0.3, -0.25) is 4.79 Å². The van der Waals surface area contributed by atoms with Crippen molar-refractivity contribution in [3.63, 3.8) is 0 Å². The first kappa shape index (κ1) is 23.2. The van der Waals surface area contributed by atoms with E-state index < -0.39 is 11.7 Å². The Morgan fingerprint density at radius 2 is 2.00 bits per heavy atom. The molecule has 10 heteroatoms. The van der Waals surface area contributed by atoms with Gasteiger partial charge in [-0.1, -0.05) is 23.9 Å². The minimum absolute atomic E-state index is 0.188. The average Bonchev–Trinajstić information content (AvgIpc) is 3.16. The molecule has 180 valence electrons. The van der Waals surface area contributed by atoms with Crippen LogP contribution in [0.25, 0.3) is 11.4 Å². The van der Waals surface area contributed by atoms with Gasteiger partial charge in [0.25, 0.3) is 5.56 Å². The maximum Gasteiger partial charge on any atom is 0.416 e. The van der Waals surface area contributed by atoms with E-state index in [1.165, 1.54) is 12.1 Å². The number of alkyl halides is 3. The van der Waals surface area contributed by atoms with Gasteiger partial charge in [0.2, 0.25) is 0 Å². The van der Waals surface area contributed by atoms with Crippen molar-refractivity contribution >= 4 is 11.8 Å². The standard InChI is InChI=1S/C24H26F3N5OS/c1-31-20(18-4-2-10-28-21(18)33)29-30-22(31)34-13-3-11-32-12-9-23(15-32)14-19(23)16-5-7-17(8-6-16)24(25,26)27/h2,4-8,10,19H,3,9,11-15H2,1H3,(H,28,33). The molecule has 2 aromatic heterocycles. The molecular weight excluding hydrogens is 463 g/mol. The highest BCUT2D eigenvalue weighted by Gasteiger charge is 2.57. The number of halogens is 3. The van der Waals surface area contributed by atoms with Gasteiger partial charge in [0, 0.05) is 25.5 Å². The molecule has 34 heavy (non-hydrogen) atoms. The van der Waals surface area contributed by atoms with Crippen LogP contribution in [0.4, 0.5) is 13.2 Å². The third-order valence-electron chi connectivity index (χ3n) is 7.04. The lowest BCUT2D eigenvalue weighted by Crippen LogP contribution is -2.23. The summed E-state index contributed by atoms with van der Waals surface area (Å²) in [5, 5.41) is 9.20. The predicted octanol–water partition coefficient (Wildman–Crippen LogP) is 4.55. The normalized spacial score (nSPS) is 22.5. The number of aromatic nitrogens is 4. The molecule has 3 aromatic rings. The fraction of sp³-hybridized carbons (Fsp3) is 0.458. The number of nitrogens with one attached hydrogen (secondary N) is 1. The minimum atomic E-state index is -4.28. The van der Waals surface area contributed by atoms with Gasteiger partial charge in [-0.2, -0.15) is 13.2 Å². The molecule has 1 N–H and O–H groups in total. The molecule has 0 bridgehead atoms. The van der Waals surface area contributed by atoms with E-state index in [9.17, 15) is 18.0 Å². The number of hydrogen-bond acceptors (Lipinski definition) is 5. The van der Waals surface area contributed by atoms with Crippen LogP contribution in [0.3, 0.4) is 0 Å². The van der Waals surface area contributed by atoms with Crippen LogP contribution >= 0.6 is 11.8 Å². The lowest BCUT2D eigenvalue weighted by molar-refractivity contribution is -0.137. The first-order chi connectivity index (χ1) is 16.3. The molecule has 1 saturated heterocycles. The number of pyridine rings is 1. The smallest absolute Gasteiger partial charge is 0.328 e. The molecule has 1 spiro atoms. The average molecular weight is 490 g/mol. The van der Waals surface area contributed by atoms with Crippen molar-refractivity contribution in [1.29, 1.82) is 0 Å². The molecular formula is C24H26F3N5OS. The van der Waals surface area contributed by atoms with E-state index >= 15 is 0 Å². The second-order valence-corrected chi connectivity index (χ2v) is 10.3. The van der Waals surface area contributed by atoms with E-state index in [2.05, 4.69) is 20.1 Å². The monoisotopic (exact) mass is 489 g/mol. The van der Waals surface area contributed by atoms with Gasteiger partial charge in [-0.05, 0) is 73.5 Å². The lowest BCUT2D eigenvalue weighted by atomic mass is 9.97. The van der Waals surface area contributed by atoms with Crippen LogP contribution in [-0.4, -0.2) is 50.0 Å². The summed E-state index contributed by atoms with van der Waals surface area (Å²) in [6.07, 6.45) is 0.467. The molecule has 2 fully saturated rings. The van der Waals surface area contributed by atoms with Crippen LogP contribution in [0, 0.1) is 5.41 Å². The van der Waals surface area contributed by atoms with Crippen molar-refractivity contribution < 1.29 is 13.2 Å². The van der Waals surface area contributed by atoms with Gasteiger partial charge < -0.3 is 14.5 Å². The minimum Gasteiger partial charge on any atom is -0.328 e. The van der Waals surface area contributed by atoms with Gasteiger partial charge >= 0.3 is 6.18 Å². The van der Waals surface area contributed by atoms with Crippen LogP contribution in [0.15, 0.2) is 52.5 Å². The number of hydrogen-bond donors (Lipinski definition) is 1. The van der Waals surface area contributed by atoms with Gasteiger partial charge in [0.05, 0.1) is 11.1 Å². The molecule has 0 amide bonds. The topological polar surface area (TPSA) is 66.8 Å². The van der Waals surface area contributed by atoms with Gasteiger partial charge in [-0.25, -0.2) is 0 Å². The largest absolute Gasteiger partial charge is 0.416 e. The Morgan fingerprint density at radius 1 is 1.21 bits per heavy atom. The predicted molar refractivity (Wildman–Crippen MR) is 125 cm³/mol. The maximum atomic E-state index is 12.8. The highest BCUT2D eigenvalue weighted by Crippen LogP contribution is 2.64. The van der Waals surface area contributed by atoms with E-state index in [4.69, 9.17) is 0 Å². The number of thioether (sulfide) groups is 1. The molecule has 1 saturated carbocycles. The van der Waals surface area contributed by atoms with Crippen molar-refractivity contribution in [1.82, 2.24) is 24.6 Å². The first-order valence-electron chi connectivity index (χ1n) is 11.4. The molecule has 1 aliphatic heterocycles. The van der Waals surface area contributed by atoms with Crippen LogP contribution in [-0.2, 0) is 13.2 Å². The zero-order valence-corrected chi connectivity index (χ0v) is 19.6. The quantitative estimate of drug-likeness (QED) is 0.390. The number of rotatable bonds is 7. The Morgan fingerprint density at radius 3 is 2.74 bits per heavy atom. The van der Waals surface area contributed by atoms with Crippen molar-refractivity contribution in [3.05, 3.63) is 64.1 Å². The Hall–Kier alpha value is -2.59. The Bertz CT molecular complexity index is 1220. The fourth-order valence-corrected chi connectivity index (χ4v) is 5.91. The van der Waals surface area contributed by atoms with Crippen LogP contribution in [0.5, 0.6) is 0 Å². The number of nitrogens with zero attached hydrogens (tertiary/aromatic N) is 4. The second kappa shape index (κ2) is 8.88. The number of benzene rings is 1. The van der Waals surface area contributed by atoms with Gasteiger partial charge in [0.1, 0.15) is 0 Å². The molecule has 0 radical (unpaired) electrons. The first-order valence-corrected chi connectivity index (χ1v) is 12.4. The van der Waals surface area contributed by atoms with Crippen molar-refractivity contribution in [2.24, 2.45) is 12.5 Å². The summed E-state index contributed by atoms with van der Waals surface area (Å²) >= 11 is 1.63. The molecule has 5 rings (SSSR count). The van der Waals surface area contributed by atoms with Crippen LogP contribution in [0.1, 0.15) is 36.3 Å². The number of H-pyrrole nitrogens is 1. The van der Waals surface area contributed by atoms with Gasteiger partial charge in [-0.15, -0.1) is 10.2 Å². The van der Waals surface area contributed by atoms with Crippen LogP contribution in [0.2, 0.25) is 0 Å². The van der Waals surface area contributed by atoms with E-state index in [1.54, 1.807) is 42.2 Å². The van der Waals surface area contributed by atoms with Crippen molar-refractivity contribution in [2.45, 2.75) is 36.5 Å². The molecule has 3 heterocycles. The van der Waals surface area contributed by atoms with E-state index in [1.807, 2.05) is 11.6 Å². The summed E-state index contributed by atoms with van der Waals surface area (Å²) in [5.41, 5.74) is 0.988. The molecule has 1 aromatic carbocycles. The zero-order chi connectivity index (χ0) is 23.9. The highest BCUT2D eigenvalue weighted by molar-refractivity contribution is 7.99. The number of aromatic amines is 1. The van der Waals surface area contributed by atoms with Gasteiger partial charge in [0.15, 0.2) is 11.0 Å². The summed E-state index contributed by atoms with van der Waals surface area (Å²) in [6, 6.07) is 9.22. The fourth-order valence-electron chi connectivity index (χ4n) is 5.07. The second-order valence-electron chi connectivity index (χ2n) is 9.25. The lowest BCUT2D eigenvalue weighted by Gasteiger charge is -2.16.